The number of carbonyl (C=O) groups is 4. The topological polar surface area (TPSA) is 186 Å². The van der Waals surface area contributed by atoms with Crippen molar-refractivity contribution < 1.29 is 24.3 Å². The van der Waals surface area contributed by atoms with Gasteiger partial charge in [0.25, 0.3) is 11.8 Å². The van der Waals surface area contributed by atoms with E-state index in [4.69, 9.17) is 34.3 Å². The Labute approximate surface area is 237 Å². The van der Waals surface area contributed by atoms with Gasteiger partial charge in [-0.05, 0) is 55.0 Å². The number of anilines is 1. The number of aliphatic carboxylic acids is 1. The van der Waals surface area contributed by atoms with Crippen LogP contribution in [0.4, 0.5) is 5.69 Å². The van der Waals surface area contributed by atoms with Crippen LogP contribution in [0.1, 0.15) is 25.6 Å². The Hall–Kier alpha value is -4.13. The third-order valence-electron chi connectivity index (χ3n) is 5.21. The largest absolute Gasteiger partial charge is 0.480 e. The molecule has 0 bridgehead atoms. The van der Waals surface area contributed by atoms with Crippen LogP contribution in [0.15, 0.2) is 48.5 Å². The highest BCUT2D eigenvalue weighted by atomic mass is 35.5. The molecule has 0 aliphatic heterocycles. The third kappa shape index (κ3) is 8.18. The number of halogens is 2. The number of thiophene rings is 1. The number of carbonyl (C=O) groups excluding carboxylic acids is 3. The van der Waals surface area contributed by atoms with Crippen molar-refractivity contribution in [2.24, 2.45) is 5.73 Å². The van der Waals surface area contributed by atoms with Gasteiger partial charge >= 0.3 is 5.97 Å². The van der Waals surface area contributed by atoms with Crippen LogP contribution in [-0.2, 0) is 9.59 Å². The molecule has 8 N–H and O–H groups in total. The summed E-state index contributed by atoms with van der Waals surface area (Å²) in [6, 6.07) is 11.6. The Morgan fingerprint density at radius 1 is 1.03 bits per heavy atom. The zero-order chi connectivity index (χ0) is 28.7. The van der Waals surface area contributed by atoms with Crippen LogP contribution >= 0.6 is 34.5 Å². The van der Waals surface area contributed by atoms with Gasteiger partial charge in [-0.1, -0.05) is 29.3 Å². The summed E-state index contributed by atoms with van der Waals surface area (Å²) < 4.78 is 0. The Morgan fingerprint density at radius 3 is 2.31 bits per heavy atom. The van der Waals surface area contributed by atoms with Crippen LogP contribution in [0.5, 0.6) is 0 Å². The molecule has 0 radical (unpaired) electrons. The highest BCUT2D eigenvalue weighted by molar-refractivity contribution is 7.15. The van der Waals surface area contributed by atoms with Crippen molar-refractivity contribution >= 4 is 69.9 Å². The summed E-state index contributed by atoms with van der Waals surface area (Å²) in [6.45, 7) is 1.03. The molecule has 1 atom stereocenters. The molecule has 0 saturated carbocycles. The summed E-state index contributed by atoms with van der Waals surface area (Å²) in [5.74, 6) is -3.80. The van der Waals surface area contributed by atoms with Crippen LogP contribution in [0, 0.1) is 12.3 Å². The Bertz CT molecular complexity index is 1420. The number of carboxylic acid groups (broad SMARTS) is 1. The van der Waals surface area contributed by atoms with Crippen LogP contribution in [0.25, 0.3) is 10.4 Å². The van der Waals surface area contributed by atoms with Gasteiger partial charge in [0.2, 0.25) is 5.91 Å². The van der Waals surface area contributed by atoms with Gasteiger partial charge in [0.15, 0.2) is 5.96 Å². The number of carboxylic acids is 1. The molecule has 39 heavy (non-hydrogen) atoms. The highest BCUT2D eigenvalue weighted by Gasteiger charge is 2.25. The predicted molar refractivity (Wildman–Crippen MR) is 151 cm³/mol. The van der Waals surface area contributed by atoms with E-state index in [1.807, 2.05) is 19.1 Å². The molecule has 0 saturated heterocycles. The summed E-state index contributed by atoms with van der Waals surface area (Å²) in [7, 11) is 0. The lowest BCUT2D eigenvalue weighted by atomic mass is 10.1. The molecular weight excluding hydrogens is 567 g/mol. The van der Waals surface area contributed by atoms with Gasteiger partial charge in [0, 0.05) is 27.5 Å². The Kier molecular flexibility index (Phi) is 9.88. The smallest absolute Gasteiger partial charge is 0.328 e. The summed E-state index contributed by atoms with van der Waals surface area (Å²) in [4.78, 5) is 51.1. The third-order valence-corrected chi connectivity index (χ3v) is 6.86. The molecule has 0 aliphatic rings. The number of rotatable bonds is 10. The van der Waals surface area contributed by atoms with Crippen LogP contribution in [0.3, 0.4) is 0 Å². The van der Waals surface area contributed by atoms with Crippen molar-refractivity contribution in [1.29, 1.82) is 5.41 Å². The van der Waals surface area contributed by atoms with Gasteiger partial charge < -0.3 is 32.1 Å². The van der Waals surface area contributed by atoms with Crippen LogP contribution < -0.4 is 27.0 Å². The van der Waals surface area contributed by atoms with Gasteiger partial charge in [-0.2, -0.15) is 0 Å². The summed E-state index contributed by atoms with van der Waals surface area (Å²) >= 11 is 14.2. The molecule has 2 aromatic carbocycles. The van der Waals surface area contributed by atoms with Crippen molar-refractivity contribution in [3.05, 3.63) is 74.6 Å². The lowest BCUT2D eigenvalue weighted by Crippen LogP contribution is -2.50. The fourth-order valence-corrected chi connectivity index (χ4v) is 4.90. The maximum atomic E-state index is 12.8. The fraction of sp³-hybridized carbons (Fsp3) is 0.160. The van der Waals surface area contributed by atoms with Crippen molar-refractivity contribution in [2.75, 3.05) is 18.4 Å². The molecular formula is C25H24Cl2N6O5S. The number of nitrogens with one attached hydrogen (secondary N) is 5. The number of benzene rings is 2. The van der Waals surface area contributed by atoms with Gasteiger partial charge in [-0.25, -0.2) is 4.79 Å². The molecule has 14 heteroatoms. The highest BCUT2D eigenvalue weighted by Crippen LogP contribution is 2.35. The van der Waals surface area contributed by atoms with Crippen molar-refractivity contribution in [3.63, 3.8) is 0 Å². The monoisotopic (exact) mass is 590 g/mol. The zero-order valence-electron chi connectivity index (χ0n) is 20.4. The molecule has 1 aromatic heterocycles. The average molecular weight is 591 g/mol. The van der Waals surface area contributed by atoms with Crippen molar-refractivity contribution in [2.45, 2.75) is 13.0 Å². The summed E-state index contributed by atoms with van der Waals surface area (Å²) in [6.07, 6.45) is 0. The molecule has 3 rings (SSSR count). The predicted octanol–water partition coefficient (Wildman–Crippen LogP) is 3.06. The minimum Gasteiger partial charge on any atom is -0.480 e. The minimum atomic E-state index is -1.50. The molecule has 204 valence electrons. The molecule has 11 nitrogen and oxygen atoms in total. The van der Waals surface area contributed by atoms with Gasteiger partial charge in [0.1, 0.15) is 6.04 Å². The second-order valence-corrected chi connectivity index (χ2v) is 10.3. The number of guanidine groups is 1. The summed E-state index contributed by atoms with van der Waals surface area (Å²) in [5.41, 5.74) is 6.51. The van der Waals surface area contributed by atoms with E-state index in [-0.39, 0.29) is 27.1 Å². The molecule has 0 spiro atoms. The Balaban J connectivity index is 1.57. The van der Waals surface area contributed by atoms with E-state index >= 15 is 0 Å². The normalized spacial score (nSPS) is 11.3. The van der Waals surface area contributed by atoms with E-state index < -0.39 is 42.8 Å². The van der Waals surface area contributed by atoms with E-state index in [0.29, 0.717) is 11.3 Å². The number of hydrogen-bond donors (Lipinski definition) is 7. The minimum absolute atomic E-state index is 0.0412. The standard InChI is InChI=1S/C25H24Cl2N6O5S/c1-12-5-6-19(39-12)14-8-16(26)21(17(27)9-14)23(36)33-18(24(37)38)10-30-20(34)11-31-22(35)13-3-2-4-15(7-13)32-25(28)29/h2-9,18H,10-11H2,1H3,(H,30,34)(H,31,35)(H,33,36)(H,37,38)(H4,28,29,32). The van der Waals surface area contributed by atoms with E-state index in [2.05, 4.69) is 21.3 Å². The van der Waals surface area contributed by atoms with E-state index in [9.17, 15) is 24.3 Å². The SMILES string of the molecule is Cc1ccc(-c2cc(Cl)c(C(=O)NC(CNC(=O)CNC(=O)c3cccc(NC(=N)N)c3)C(=O)O)c(Cl)c2)s1. The lowest BCUT2D eigenvalue weighted by molar-refractivity contribution is -0.139. The number of amides is 3. The number of aryl methyl sites for hydroxylation is 1. The van der Waals surface area contributed by atoms with Crippen LogP contribution in [-0.4, -0.2) is 53.9 Å². The molecule has 3 amide bonds. The van der Waals surface area contributed by atoms with Gasteiger partial charge in [-0.15, -0.1) is 11.3 Å². The quantitative estimate of drug-likeness (QED) is 0.139. The first kappa shape index (κ1) is 29.4. The zero-order valence-corrected chi connectivity index (χ0v) is 22.8. The van der Waals surface area contributed by atoms with E-state index in [1.165, 1.54) is 23.5 Å². The van der Waals surface area contributed by atoms with Crippen LogP contribution in [0.2, 0.25) is 10.0 Å². The first-order chi connectivity index (χ1) is 18.4. The molecule has 0 fully saturated rings. The first-order valence-electron chi connectivity index (χ1n) is 11.3. The van der Waals surface area contributed by atoms with Crippen molar-refractivity contribution in [1.82, 2.24) is 16.0 Å². The number of hydrogen-bond acceptors (Lipinski definition) is 6. The maximum absolute atomic E-state index is 12.8. The first-order valence-corrected chi connectivity index (χ1v) is 12.9. The maximum Gasteiger partial charge on any atom is 0.328 e. The Morgan fingerprint density at radius 2 is 1.72 bits per heavy atom. The molecule has 0 aliphatic carbocycles. The fourth-order valence-electron chi connectivity index (χ4n) is 3.39. The molecule has 1 heterocycles. The van der Waals surface area contributed by atoms with Gasteiger partial charge in [0.05, 0.1) is 22.2 Å². The second kappa shape index (κ2) is 13.1. The summed E-state index contributed by atoms with van der Waals surface area (Å²) in [5, 5.41) is 26.5. The second-order valence-electron chi connectivity index (χ2n) is 8.20. The molecule has 3 aromatic rings. The van der Waals surface area contributed by atoms with Crippen molar-refractivity contribution in [3.8, 4) is 10.4 Å². The average Bonchev–Trinajstić information content (AvgIpc) is 3.30. The molecule has 1 unspecified atom stereocenters. The van der Waals surface area contributed by atoms with Gasteiger partial charge in [-0.3, -0.25) is 19.8 Å². The van der Waals surface area contributed by atoms with E-state index in [0.717, 1.165) is 9.75 Å². The van der Waals surface area contributed by atoms with E-state index in [1.54, 1.807) is 24.3 Å². The lowest BCUT2D eigenvalue weighted by Gasteiger charge is -2.17. The number of nitrogens with two attached hydrogens (primary N) is 1.